The van der Waals surface area contributed by atoms with Crippen molar-refractivity contribution in [3.05, 3.63) is 11.6 Å². The van der Waals surface area contributed by atoms with Crippen molar-refractivity contribution < 1.29 is 33.7 Å². The standard InChI is InChI=1S/C37H59NO7/c1-21(2)23(5)33(7)15-16-35(9)25-11-12-28-34(8)19-43-20-37(28,26(25)13-14-36(35,10)30(33)32(41)42)17-27(44-24(6)39)31(34)45-29(40)18-38-22(3)4/h13,21-23,25,27-28,30-31,38H,11-12,14-20H2,1-10H3,(H,41,42)/t23-,25+,27-,28+,30-,31+,33-,34-,35-,36+,37-/m1/s1. The highest BCUT2D eigenvalue weighted by molar-refractivity contribution is 5.73. The Balaban J connectivity index is 1.56. The number of hydrogen-bond acceptors (Lipinski definition) is 7. The number of nitrogens with one attached hydrogen (secondary N) is 1. The molecule has 4 aliphatic carbocycles. The molecule has 0 spiro atoms. The quantitative estimate of drug-likeness (QED) is 0.234. The minimum atomic E-state index is -0.667. The van der Waals surface area contributed by atoms with Crippen molar-refractivity contribution in [3.63, 3.8) is 0 Å². The average Bonchev–Trinajstić information content (AvgIpc) is 2.93. The normalized spacial score (nSPS) is 44.6. The van der Waals surface area contributed by atoms with Gasteiger partial charge in [0.2, 0.25) is 0 Å². The zero-order valence-corrected chi connectivity index (χ0v) is 29.5. The molecule has 8 nitrogen and oxygen atoms in total. The molecule has 3 saturated carbocycles. The molecule has 4 fully saturated rings. The van der Waals surface area contributed by atoms with Crippen LogP contribution in [0.4, 0.5) is 0 Å². The lowest BCUT2D eigenvalue weighted by Gasteiger charge is -2.71. The van der Waals surface area contributed by atoms with Gasteiger partial charge in [-0.15, -0.1) is 0 Å². The lowest BCUT2D eigenvalue weighted by atomic mass is 9.34. The molecule has 0 unspecified atom stereocenters. The number of carbonyl (C=O) groups excluding carboxylic acids is 2. The van der Waals surface area contributed by atoms with Gasteiger partial charge in [-0.2, -0.15) is 0 Å². The number of esters is 2. The Labute approximate surface area is 270 Å². The molecule has 1 aliphatic heterocycles. The van der Waals surface area contributed by atoms with E-state index in [1.54, 1.807) is 0 Å². The van der Waals surface area contributed by atoms with Crippen LogP contribution in [0.25, 0.3) is 0 Å². The SMILES string of the molecule is CC(=O)O[C@@H]1C[C@]23COC[C@](C)([C@@H]2CC[C@H]2C3=CC[C@@]3(C)[C@H](C(=O)O)[C@@](C)([C@H](C)C(C)C)CC[C@]23C)[C@H]1OC(=O)CNC(C)C. The summed E-state index contributed by atoms with van der Waals surface area (Å²) in [4.78, 5) is 38.9. The van der Waals surface area contributed by atoms with Gasteiger partial charge in [-0.05, 0) is 78.4 Å². The Morgan fingerprint density at radius 3 is 2.29 bits per heavy atom. The third kappa shape index (κ3) is 5.10. The third-order valence-corrected chi connectivity index (χ3v) is 14.3. The number of carboxylic acid groups (broad SMARTS) is 1. The van der Waals surface area contributed by atoms with Crippen LogP contribution in [0, 0.1) is 56.7 Å². The van der Waals surface area contributed by atoms with Crippen molar-refractivity contribution in [3.8, 4) is 0 Å². The third-order valence-electron chi connectivity index (χ3n) is 14.3. The van der Waals surface area contributed by atoms with Crippen LogP contribution in [0.3, 0.4) is 0 Å². The fourth-order valence-corrected chi connectivity index (χ4v) is 11.6. The summed E-state index contributed by atoms with van der Waals surface area (Å²) in [5, 5.41) is 14.1. The van der Waals surface area contributed by atoms with E-state index in [2.05, 4.69) is 59.9 Å². The fraction of sp³-hybridized carbons (Fsp3) is 0.865. The summed E-state index contributed by atoms with van der Waals surface area (Å²) in [5.74, 6) is -0.753. The van der Waals surface area contributed by atoms with Crippen LogP contribution < -0.4 is 5.32 Å². The van der Waals surface area contributed by atoms with Crippen LogP contribution >= 0.6 is 0 Å². The van der Waals surface area contributed by atoms with E-state index < -0.39 is 34.9 Å². The zero-order valence-electron chi connectivity index (χ0n) is 29.5. The first-order valence-electron chi connectivity index (χ1n) is 17.5. The number of fused-ring (bicyclic) bond motifs is 3. The van der Waals surface area contributed by atoms with Crippen molar-refractivity contribution >= 4 is 17.9 Å². The van der Waals surface area contributed by atoms with Gasteiger partial charge in [-0.25, -0.2) is 0 Å². The Morgan fingerprint density at radius 2 is 1.69 bits per heavy atom. The van der Waals surface area contributed by atoms with E-state index in [-0.39, 0.29) is 58.5 Å². The predicted octanol–water partition coefficient (Wildman–Crippen LogP) is 6.42. The molecule has 0 aromatic rings. The maximum atomic E-state index is 13.3. The maximum Gasteiger partial charge on any atom is 0.320 e. The monoisotopic (exact) mass is 629 g/mol. The topological polar surface area (TPSA) is 111 Å². The van der Waals surface area contributed by atoms with E-state index in [4.69, 9.17) is 14.2 Å². The van der Waals surface area contributed by atoms with Gasteiger partial charge >= 0.3 is 17.9 Å². The van der Waals surface area contributed by atoms with E-state index in [1.165, 1.54) is 12.5 Å². The number of carboxylic acids is 1. The van der Waals surface area contributed by atoms with Crippen LogP contribution in [-0.2, 0) is 28.6 Å². The van der Waals surface area contributed by atoms with Gasteiger partial charge in [-0.1, -0.05) is 74.0 Å². The van der Waals surface area contributed by atoms with Gasteiger partial charge in [0.05, 0.1) is 25.7 Å². The first-order valence-corrected chi connectivity index (χ1v) is 17.5. The lowest BCUT2D eigenvalue weighted by molar-refractivity contribution is -0.262. The molecular formula is C37H59NO7. The Bertz CT molecular complexity index is 1230. The van der Waals surface area contributed by atoms with Gasteiger partial charge in [-0.3, -0.25) is 14.4 Å². The molecular weight excluding hydrogens is 570 g/mol. The molecule has 45 heavy (non-hydrogen) atoms. The van der Waals surface area contributed by atoms with E-state index in [0.29, 0.717) is 32.0 Å². The summed E-state index contributed by atoms with van der Waals surface area (Å²) < 4.78 is 18.7. The second kappa shape index (κ2) is 11.6. The summed E-state index contributed by atoms with van der Waals surface area (Å²) in [6.07, 6.45) is 6.24. The van der Waals surface area contributed by atoms with Crippen molar-refractivity contribution in [2.24, 2.45) is 56.7 Å². The summed E-state index contributed by atoms with van der Waals surface area (Å²) in [6, 6.07) is 0.141. The largest absolute Gasteiger partial charge is 0.481 e. The Kier molecular flexibility index (Phi) is 8.90. The minimum absolute atomic E-state index is 0.0942. The van der Waals surface area contributed by atoms with Crippen molar-refractivity contribution in [1.29, 1.82) is 0 Å². The highest BCUT2D eigenvalue weighted by atomic mass is 16.6. The predicted molar refractivity (Wildman–Crippen MR) is 172 cm³/mol. The molecule has 2 N–H and O–H groups in total. The van der Waals surface area contributed by atoms with Gasteiger partial charge in [0.1, 0.15) is 12.2 Å². The molecule has 5 rings (SSSR count). The molecule has 11 atom stereocenters. The first-order chi connectivity index (χ1) is 20.9. The van der Waals surface area contributed by atoms with Crippen LogP contribution in [-0.4, -0.2) is 61.0 Å². The van der Waals surface area contributed by atoms with Gasteiger partial charge in [0.15, 0.2) is 0 Å². The summed E-state index contributed by atoms with van der Waals surface area (Å²) in [5.41, 5.74) is -0.418. The van der Waals surface area contributed by atoms with E-state index >= 15 is 0 Å². The molecule has 0 aromatic heterocycles. The molecule has 2 bridgehead atoms. The van der Waals surface area contributed by atoms with Crippen LogP contribution in [0.2, 0.25) is 0 Å². The van der Waals surface area contributed by atoms with E-state index in [1.807, 2.05) is 13.8 Å². The van der Waals surface area contributed by atoms with Gasteiger partial charge < -0.3 is 24.6 Å². The molecule has 0 aromatic carbocycles. The number of carbonyl (C=O) groups is 3. The highest BCUT2D eigenvalue weighted by Gasteiger charge is 2.72. The van der Waals surface area contributed by atoms with Crippen molar-refractivity contribution in [2.75, 3.05) is 19.8 Å². The molecule has 8 heteroatoms. The molecule has 1 saturated heterocycles. The number of aliphatic carboxylic acids is 1. The number of hydrogen-bond donors (Lipinski definition) is 2. The van der Waals surface area contributed by atoms with Crippen LogP contribution in [0.5, 0.6) is 0 Å². The van der Waals surface area contributed by atoms with Gasteiger partial charge in [0, 0.05) is 23.8 Å². The molecule has 254 valence electrons. The number of ether oxygens (including phenoxy) is 3. The first kappa shape index (κ1) is 34.4. The smallest absolute Gasteiger partial charge is 0.320 e. The fourth-order valence-electron chi connectivity index (χ4n) is 11.6. The van der Waals surface area contributed by atoms with Crippen molar-refractivity contribution in [2.45, 2.75) is 126 Å². The average molecular weight is 630 g/mol. The maximum absolute atomic E-state index is 13.3. The van der Waals surface area contributed by atoms with Crippen LogP contribution in [0.1, 0.15) is 108 Å². The van der Waals surface area contributed by atoms with Crippen molar-refractivity contribution in [1.82, 2.24) is 5.32 Å². The number of allylic oxidation sites excluding steroid dienone is 1. The molecule has 0 radical (unpaired) electrons. The summed E-state index contributed by atoms with van der Waals surface area (Å²) in [6.45, 7) is 22.2. The molecule has 1 heterocycles. The summed E-state index contributed by atoms with van der Waals surface area (Å²) >= 11 is 0. The second-order valence-electron chi connectivity index (χ2n) is 17.1. The highest BCUT2D eigenvalue weighted by Crippen LogP contribution is 2.75. The van der Waals surface area contributed by atoms with Crippen LogP contribution in [0.15, 0.2) is 11.6 Å². The minimum Gasteiger partial charge on any atom is -0.481 e. The number of rotatable bonds is 8. The Morgan fingerprint density at radius 1 is 1.00 bits per heavy atom. The van der Waals surface area contributed by atoms with Gasteiger partial charge in [0.25, 0.3) is 0 Å². The zero-order chi connectivity index (χ0) is 33.3. The summed E-state index contributed by atoms with van der Waals surface area (Å²) in [7, 11) is 0. The Hall–Kier alpha value is -1.93. The van der Waals surface area contributed by atoms with E-state index in [0.717, 1.165) is 25.7 Å². The second-order valence-corrected chi connectivity index (χ2v) is 17.1. The molecule has 0 amide bonds. The van der Waals surface area contributed by atoms with E-state index in [9.17, 15) is 19.5 Å². The molecule has 5 aliphatic rings. The lowest BCUT2D eigenvalue weighted by Crippen LogP contribution is -2.70.